The van der Waals surface area contributed by atoms with E-state index >= 15 is 0 Å². The fourth-order valence-electron chi connectivity index (χ4n) is 1.58. The third-order valence-corrected chi connectivity index (χ3v) is 2.54. The average molecular weight is 211 g/mol. The van der Waals surface area contributed by atoms with Crippen LogP contribution in [0.25, 0.3) is 0 Å². The van der Waals surface area contributed by atoms with Gasteiger partial charge in [0.25, 0.3) is 0 Å². The van der Waals surface area contributed by atoms with Crippen LogP contribution in [-0.2, 0) is 14.3 Å². The molecule has 4 heteroatoms. The number of esters is 1. The summed E-state index contributed by atoms with van der Waals surface area (Å²) in [7, 11) is 0. The Morgan fingerprint density at radius 3 is 2.80 bits per heavy atom. The minimum Gasteiger partial charge on any atom is -0.460 e. The largest absolute Gasteiger partial charge is 0.460 e. The van der Waals surface area contributed by atoms with Crippen LogP contribution in [0.1, 0.15) is 26.7 Å². The molecule has 0 aromatic carbocycles. The lowest BCUT2D eigenvalue weighted by molar-refractivity contribution is -0.141. The van der Waals surface area contributed by atoms with Gasteiger partial charge < -0.3 is 9.64 Å². The van der Waals surface area contributed by atoms with Crippen LogP contribution in [0, 0.1) is 0 Å². The summed E-state index contributed by atoms with van der Waals surface area (Å²) < 4.78 is 4.93. The predicted molar refractivity (Wildman–Crippen MR) is 56.2 cm³/mol. The van der Waals surface area contributed by atoms with E-state index in [-0.39, 0.29) is 18.6 Å². The van der Waals surface area contributed by atoms with Crippen LogP contribution in [0.3, 0.4) is 0 Å². The maximum Gasteiger partial charge on any atom is 0.333 e. The van der Waals surface area contributed by atoms with Crippen LogP contribution in [0.5, 0.6) is 0 Å². The molecule has 1 heterocycles. The van der Waals surface area contributed by atoms with E-state index in [1.54, 1.807) is 11.8 Å². The van der Waals surface area contributed by atoms with Gasteiger partial charge in [-0.25, -0.2) is 4.79 Å². The SMILES string of the molecule is C=C(C)C(=O)OCCN1C(=O)CCC1C. The van der Waals surface area contributed by atoms with E-state index in [0.717, 1.165) is 6.42 Å². The van der Waals surface area contributed by atoms with Crippen LogP contribution >= 0.6 is 0 Å². The van der Waals surface area contributed by atoms with Crippen LogP contribution < -0.4 is 0 Å². The van der Waals surface area contributed by atoms with Gasteiger partial charge >= 0.3 is 5.97 Å². The van der Waals surface area contributed by atoms with E-state index in [0.29, 0.717) is 18.5 Å². The maximum absolute atomic E-state index is 11.4. The number of hydrogen-bond donors (Lipinski definition) is 0. The Labute approximate surface area is 89.9 Å². The molecule has 0 aromatic rings. The molecular formula is C11H17NO3. The van der Waals surface area contributed by atoms with Crippen molar-refractivity contribution in [2.75, 3.05) is 13.2 Å². The van der Waals surface area contributed by atoms with E-state index in [9.17, 15) is 9.59 Å². The van der Waals surface area contributed by atoms with Crippen molar-refractivity contribution in [1.82, 2.24) is 4.90 Å². The number of carbonyl (C=O) groups is 2. The molecule has 0 aromatic heterocycles. The molecule has 0 spiro atoms. The van der Waals surface area contributed by atoms with Crippen molar-refractivity contribution < 1.29 is 14.3 Å². The molecule has 4 nitrogen and oxygen atoms in total. The summed E-state index contributed by atoms with van der Waals surface area (Å²) in [6.07, 6.45) is 1.50. The molecule has 1 rings (SSSR count). The second-order valence-electron chi connectivity index (χ2n) is 3.89. The zero-order valence-corrected chi connectivity index (χ0v) is 9.28. The highest BCUT2D eigenvalue weighted by Crippen LogP contribution is 2.17. The predicted octanol–water partition coefficient (Wildman–Crippen LogP) is 1.12. The average Bonchev–Trinajstić information content (AvgIpc) is 2.48. The molecule has 0 saturated carbocycles. The van der Waals surface area contributed by atoms with Crippen molar-refractivity contribution >= 4 is 11.9 Å². The Balaban J connectivity index is 2.28. The highest BCUT2D eigenvalue weighted by Gasteiger charge is 2.26. The van der Waals surface area contributed by atoms with Crippen molar-refractivity contribution in [3.05, 3.63) is 12.2 Å². The van der Waals surface area contributed by atoms with Crippen LogP contribution in [0.2, 0.25) is 0 Å². The zero-order valence-electron chi connectivity index (χ0n) is 9.28. The number of carbonyl (C=O) groups excluding carboxylic acids is 2. The van der Waals surface area contributed by atoms with Crippen LogP contribution in [0.4, 0.5) is 0 Å². The zero-order chi connectivity index (χ0) is 11.4. The Morgan fingerprint density at radius 1 is 1.67 bits per heavy atom. The summed E-state index contributed by atoms with van der Waals surface area (Å²) in [4.78, 5) is 24.2. The highest BCUT2D eigenvalue weighted by atomic mass is 16.5. The number of hydrogen-bond acceptors (Lipinski definition) is 3. The van der Waals surface area contributed by atoms with Crippen molar-refractivity contribution in [1.29, 1.82) is 0 Å². The van der Waals surface area contributed by atoms with Gasteiger partial charge in [0.1, 0.15) is 6.61 Å². The third kappa shape index (κ3) is 3.08. The molecule has 1 unspecified atom stereocenters. The number of amides is 1. The first kappa shape index (κ1) is 11.8. The molecule has 0 aliphatic carbocycles. The van der Waals surface area contributed by atoms with E-state index in [4.69, 9.17) is 4.74 Å². The lowest BCUT2D eigenvalue weighted by Crippen LogP contribution is -2.34. The second-order valence-corrected chi connectivity index (χ2v) is 3.89. The molecule has 1 saturated heterocycles. The monoisotopic (exact) mass is 211 g/mol. The normalized spacial score (nSPS) is 20.5. The first-order chi connectivity index (χ1) is 7.02. The molecule has 0 bridgehead atoms. The Bertz CT molecular complexity index is 286. The van der Waals surface area contributed by atoms with E-state index < -0.39 is 5.97 Å². The molecule has 1 amide bonds. The molecule has 0 radical (unpaired) electrons. The van der Waals surface area contributed by atoms with Crippen molar-refractivity contribution in [2.45, 2.75) is 32.7 Å². The van der Waals surface area contributed by atoms with Crippen molar-refractivity contribution in [3.63, 3.8) is 0 Å². The Morgan fingerprint density at radius 2 is 2.33 bits per heavy atom. The van der Waals surface area contributed by atoms with Gasteiger partial charge in [0.2, 0.25) is 5.91 Å². The van der Waals surface area contributed by atoms with Crippen molar-refractivity contribution in [3.8, 4) is 0 Å². The fraction of sp³-hybridized carbons (Fsp3) is 0.636. The van der Waals surface area contributed by atoms with Crippen LogP contribution in [-0.4, -0.2) is 36.0 Å². The number of ether oxygens (including phenoxy) is 1. The molecule has 1 aliphatic rings. The van der Waals surface area contributed by atoms with Gasteiger partial charge in [-0.3, -0.25) is 4.79 Å². The quantitative estimate of drug-likeness (QED) is 0.517. The molecule has 1 fully saturated rings. The number of rotatable bonds is 4. The molecular weight excluding hydrogens is 194 g/mol. The minimum absolute atomic E-state index is 0.147. The number of likely N-dealkylation sites (tertiary alicyclic amines) is 1. The molecule has 1 atom stereocenters. The summed E-state index contributed by atoms with van der Waals surface area (Å²) in [6, 6.07) is 0.265. The van der Waals surface area contributed by atoms with Gasteiger partial charge in [-0.2, -0.15) is 0 Å². The van der Waals surface area contributed by atoms with Gasteiger partial charge in [0.05, 0.1) is 6.54 Å². The van der Waals surface area contributed by atoms with Crippen molar-refractivity contribution in [2.24, 2.45) is 0 Å². The van der Waals surface area contributed by atoms with Crippen LogP contribution in [0.15, 0.2) is 12.2 Å². The standard InChI is InChI=1S/C11H17NO3/c1-8(2)11(14)15-7-6-12-9(3)4-5-10(12)13/h9H,1,4-7H2,2-3H3. The van der Waals surface area contributed by atoms with Gasteiger partial charge in [-0.05, 0) is 20.3 Å². The van der Waals surface area contributed by atoms with E-state index in [1.165, 1.54) is 0 Å². The topological polar surface area (TPSA) is 46.6 Å². The molecule has 0 N–H and O–H groups in total. The summed E-state index contributed by atoms with van der Waals surface area (Å²) in [5, 5.41) is 0. The minimum atomic E-state index is -0.394. The number of nitrogens with zero attached hydrogens (tertiary/aromatic N) is 1. The summed E-state index contributed by atoms with van der Waals surface area (Å²) >= 11 is 0. The summed E-state index contributed by atoms with van der Waals surface area (Å²) in [6.45, 7) is 7.83. The first-order valence-electron chi connectivity index (χ1n) is 5.14. The Hall–Kier alpha value is -1.32. The maximum atomic E-state index is 11.4. The van der Waals surface area contributed by atoms with Gasteiger partial charge in [-0.15, -0.1) is 0 Å². The lowest BCUT2D eigenvalue weighted by Gasteiger charge is -2.21. The molecule has 15 heavy (non-hydrogen) atoms. The van der Waals surface area contributed by atoms with Gasteiger partial charge in [0, 0.05) is 18.0 Å². The van der Waals surface area contributed by atoms with Gasteiger partial charge in [-0.1, -0.05) is 6.58 Å². The smallest absolute Gasteiger partial charge is 0.333 e. The Kier molecular flexibility index (Phi) is 3.88. The summed E-state index contributed by atoms with van der Waals surface area (Å²) in [5.74, 6) is -0.247. The highest BCUT2D eigenvalue weighted by molar-refractivity contribution is 5.87. The molecule has 84 valence electrons. The van der Waals surface area contributed by atoms with Gasteiger partial charge in [0.15, 0.2) is 0 Å². The fourth-order valence-corrected chi connectivity index (χ4v) is 1.58. The summed E-state index contributed by atoms with van der Waals surface area (Å²) in [5.41, 5.74) is 0.385. The second kappa shape index (κ2) is 4.96. The lowest BCUT2D eigenvalue weighted by atomic mass is 10.2. The first-order valence-corrected chi connectivity index (χ1v) is 5.14. The van der Waals surface area contributed by atoms with E-state index in [2.05, 4.69) is 6.58 Å². The molecule has 1 aliphatic heterocycles. The third-order valence-electron chi connectivity index (χ3n) is 2.54. The van der Waals surface area contributed by atoms with E-state index in [1.807, 2.05) is 6.92 Å².